The van der Waals surface area contributed by atoms with Crippen LogP contribution in [0.25, 0.3) is 22.6 Å². The summed E-state index contributed by atoms with van der Waals surface area (Å²) < 4.78 is 7.00. The molecule has 2 heterocycles. The van der Waals surface area contributed by atoms with Gasteiger partial charge in [-0.1, -0.05) is 23.7 Å². The monoisotopic (exact) mass is 338 g/mol. The number of fused-ring (bicyclic) bond motifs is 2. The topological polar surface area (TPSA) is 44.1 Å². The molecule has 120 valence electrons. The molecule has 2 aromatic carbocycles. The number of hydrogen-bond donors (Lipinski definition) is 0. The van der Waals surface area contributed by atoms with Gasteiger partial charge in [0.05, 0.1) is 18.0 Å². The summed E-state index contributed by atoms with van der Waals surface area (Å²) in [6, 6.07) is 13.0. The van der Waals surface area contributed by atoms with Crippen LogP contribution in [0.4, 0.5) is 0 Å². The Morgan fingerprint density at radius 3 is 2.96 bits per heavy atom. The summed E-state index contributed by atoms with van der Waals surface area (Å²) in [5.41, 5.74) is 2.69. The van der Waals surface area contributed by atoms with Crippen molar-refractivity contribution in [2.75, 3.05) is 7.11 Å². The van der Waals surface area contributed by atoms with Crippen LogP contribution in [0, 0.1) is 0 Å². The molecule has 0 N–H and O–H groups in total. The summed E-state index contributed by atoms with van der Waals surface area (Å²) in [5, 5.41) is 1.18. The van der Waals surface area contributed by atoms with Crippen LogP contribution in [-0.4, -0.2) is 16.7 Å². The average molecular weight is 339 g/mol. The van der Waals surface area contributed by atoms with Crippen LogP contribution in [-0.2, 0) is 6.54 Å². The molecule has 0 unspecified atom stereocenters. The maximum atomic E-state index is 12.7. The molecule has 0 saturated carbocycles. The highest BCUT2D eigenvalue weighted by atomic mass is 35.5. The maximum absolute atomic E-state index is 12.7. The minimum absolute atomic E-state index is 0.0132. The van der Waals surface area contributed by atoms with E-state index in [1.54, 1.807) is 29.9 Å². The summed E-state index contributed by atoms with van der Waals surface area (Å²) in [7, 11) is 1.65. The SMILES string of the molecule is COc1cccc(C=C2CCn3c2nc2cc(Cl)ccc2c3=O)c1. The molecule has 0 atom stereocenters. The molecule has 1 aliphatic rings. The predicted octanol–water partition coefficient (Wildman–Crippen LogP) is 4.00. The molecule has 4 rings (SSSR count). The zero-order valence-corrected chi connectivity index (χ0v) is 13.9. The molecule has 0 amide bonds. The van der Waals surface area contributed by atoms with E-state index in [0.717, 1.165) is 29.1 Å². The largest absolute Gasteiger partial charge is 0.497 e. The van der Waals surface area contributed by atoms with E-state index < -0.39 is 0 Å². The molecule has 1 aliphatic heterocycles. The van der Waals surface area contributed by atoms with Gasteiger partial charge in [-0.2, -0.15) is 0 Å². The predicted molar refractivity (Wildman–Crippen MR) is 96.5 cm³/mol. The fraction of sp³-hybridized carbons (Fsp3) is 0.158. The van der Waals surface area contributed by atoms with E-state index in [2.05, 4.69) is 11.1 Å². The number of halogens is 1. The van der Waals surface area contributed by atoms with Crippen molar-refractivity contribution in [1.82, 2.24) is 9.55 Å². The number of nitrogens with zero attached hydrogens (tertiary/aromatic N) is 2. The lowest BCUT2D eigenvalue weighted by atomic mass is 10.1. The second-order valence-corrected chi connectivity index (χ2v) is 6.19. The highest BCUT2D eigenvalue weighted by molar-refractivity contribution is 6.31. The highest BCUT2D eigenvalue weighted by Crippen LogP contribution is 2.28. The lowest BCUT2D eigenvalue weighted by molar-refractivity contribution is 0.414. The van der Waals surface area contributed by atoms with Gasteiger partial charge in [-0.25, -0.2) is 4.98 Å². The van der Waals surface area contributed by atoms with Crippen LogP contribution in [0.5, 0.6) is 5.75 Å². The van der Waals surface area contributed by atoms with E-state index >= 15 is 0 Å². The third kappa shape index (κ3) is 2.49. The molecule has 3 aromatic rings. The van der Waals surface area contributed by atoms with Gasteiger partial charge in [0, 0.05) is 11.6 Å². The van der Waals surface area contributed by atoms with Gasteiger partial charge in [-0.05, 0) is 54.0 Å². The first kappa shape index (κ1) is 15.0. The molecule has 1 aromatic heterocycles. The summed E-state index contributed by atoms with van der Waals surface area (Å²) in [5.74, 6) is 1.52. The lowest BCUT2D eigenvalue weighted by Gasteiger charge is -2.06. The van der Waals surface area contributed by atoms with Crippen molar-refractivity contribution in [3.05, 3.63) is 69.2 Å². The first-order valence-electron chi connectivity index (χ1n) is 7.71. The highest BCUT2D eigenvalue weighted by Gasteiger charge is 2.20. The number of ether oxygens (including phenoxy) is 1. The smallest absolute Gasteiger partial charge is 0.261 e. The molecule has 4 nitrogen and oxygen atoms in total. The number of rotatable bonds is 2. The number of hydrogen-bond acceptors (Lipinski definition) is 3. The normalized spacial score (nSPS) is 15.0. The number of methoxy groups -OCH3 is 1. The fourth-order valence-electron chi connectivity index (χ4n) is 3.06. The van der Waals surface area contributed by atoms with Crippen LogP contribution in [0.15, 0.2) is 47.3 Å². The summed E-state index contributed by atoms with van der Waals surface area (Å²) in [4.78, 5) is 17.3. The molecule has 5 heteroatoms. The van der Waals surface area contributed by atoms with Crippen LogP contribution in [0.3, 0.4) is 0 Å². The minimum atomic E-state index is -0.0132. The van der Waals surface area contributed by atoms with Crippen molar-refractivity contribution >= 4 is 34.2 Å². The molecule has 24 heavy (non-hydrogen) atoms. The molecule has 0 spiro atoms. The average Bonchev–Trinajstić information content (AvgIpc) is 2.98. The first-order valence-corrected chi connectivity index (χ1v) is 8.08. The van der Waals surface area contributed by atoms with Crippen LogP contribution in [0.2, 0.25) is 5.02 Å². The fourth-order valence-corrected chi connectivity index (χ4v) is 3.23. The van der Waals surface area contributed by atoms with Crippen molar-refractivity contribution in [1.29, 1.82) is 0 Å². The second kappa shape index (κ2) is 5.80. The van der Waals surface area contributed by atoms with Crippen molar-refractivity contribution in [3.8, 4) is 5.75 Å². The van der Waals surface area contributed by atoms with E-state index in [1.807, 2.05) is 24.3 Å². The standard InChI is InChI=1S/C19H15ClN2O2/c1-24-15-4-2-3-12(10-15)9-13-7-8-22-18(13)21-17-11-14(20)5-6-16(17)19(22)23/h2-6,9-11H,7-8H2,1H3. The quantitative estimate of drug-likeness (QED) is 0.709. The molecule has 0 saturated heterocycles. The molecule has 0 bridgehead atoms. The van der Waals surface area contributed by atoms with Gasteiger partial charge in [0.25, 0.3) is 5.56 Å². The third-order valence-electron chi connectivity index (χ3n) is 4.24. The Balaban J connectivity index is 1.87. The van der Waals surface area contributed by atoms with Gasteiger partial charge in [-0.15, -0.1) is 0 Å². The molecular formula is C19H15ClN2O2. The summed E-state index contributed by atoms with van der Waals surface area (Å²) >= 11 is 6.04. The summed E-state index contributed by atoms with van der Waals surface area (Å²) in [6.45, 7) is 0.648. The lowest BCUT2D eigenvalue weighted by Crippen LogP contribution is -2.20. The van der Waals surface area contributed by atoms with Gasteiger partial charge in [0.15, 0.2) is 0 Å². The van der Waals surface area contributed by atoms with Gasteiger partial charge in [0.2, 0.25) is 0 Å². The third-order valence-corrected chi connectivity index (χ3v) is 4.48. The maximum Gasteiger partial charge on any atom is 0.261 e. The number of allylic oxidation sites excluding steroid dienone is 1. The summed E-state index contributed by atoms with van der Waals surface area (Å²) in [6.07, 6.45) is 2.84. The van der Waals surface area contributed by atoms with Crippen LogP contribution < -0.4 is 10.3 Å². The van der Waals surface area contributed by atoms with E-state index in [0.29, 0.717) is 22.5 Å². The zero-order chi connectivity index (χ0) is 16.7. The van der Waals surface area contributed by atoms with Crippen LogP contribution in [0.1, 0.15) is 17.8 Å². The van der Waals surface area contributed by atoms with Crippen molar-refractivity contribution in [3.63, 3.8) is 0 Å². The Morgan fingerprint density at radius 1 is 1.25 bits per heavy atom. The number of aromatic nitrogens is 2. The first-order chi connectivity index (χ1) is 11.7. The molecule has 0 aliphatic carbocycles. The van der Waals surface area contributed by atoms with Crippen molar-refractivity contribution < 1.29 is 4.74 Å². The van der Waals surface area contributed by atoms with E-state index in [4.69, 9.17) is 16.3 Å². The Kier molecular flexibility index (Phi) is 3.62. The van der Waals surface area contributed by atoms with E-state index in [9.17, 15) is 4.79 Å². The van der Waals surface area contributed by atoms with Crippen molar-refractivity contribution in [2.45, 2.75) is 13.0 Å². The van der Waals surface area contributed by atoms with Gasteiger partial charge in [0.1, 0.15) is 11.6 Å². The second-order valence-electron chi connectivity index (χ2n) is 5.75. The van der Waals surface area contributed by atoms with E-state index in [-0.39, 0.29) is 5.56 Å². The Hall–Kier alpha value is -2.59. The zero-order valence-electron chi connectivity index (χ0n) is 13.1. The van der Waals surface area contributed by atoms with Crippen LogP contribution >= 0.6 is 11.6 Å². The molecular weight excluding hydrogens is 324 g/mol. The van der Waals surface area contributed by atoms with Gasteiger partial charge >= 0.3 is 0 Å². The minimum Gasteiger partial charge on any atom is -0.497 e. The Labute approximate surface area is 144 Å². The van der Waals surface area contributed by atoms with E-state index in [1.165, 1.54) is 0 Å². The van der Waals surface area contributed by atoms with Gasteiger partial charge in [-0.3, -0.25) is 9.36 Å². The molecule has 0 radical (unpaired) electrons. The Morgan fingerprint density at radius 2 is 2.12 bits per heavy atom. The molecule has 0 fully saturated rings. The van der Waals surface area contributed by atoms with Gasteiger partial charge < -0.3 is 4.74 Å². The van der Waals surface area contributed by atoms with Crippen molar-refractivity contribution in [2.24, 2.45) is 0 Å². The number of benzene rings is 2. The Bertz CT molecular complexity index is 1040.